The minimum atomic E-state index is 0. The molecule has 3 N–H and O–H groups in total. The molecule has 0 amide bonds. The Hall–Kier alpha value is -0.780. The van der Waals surface area contributed by atoms with Crippen molar-refractivity contribution < 1.29 is 0 Å². The van der Waals surface area contributed by atoms with E-state index in [2.05, 4.69) is 40.6 Å². The molecular formula is C16H24IN3. The molecule has 1 aromatic carbocycles. The lowest BCUT2D eigenvalue weighted by atomic mass is 9.96. The van der Waals surface area contributed by atoms with Crippen LogP contribution in [0.25, 0.3) is 0 Å². The molecule has 2 unspecified atom stereocenters. The molecule has 1 aromatic rings. The number of guanidine groups is 1. The van der Waals surface area contributed by atoms with Gasteiger partial charge in [-0.1, -0.05) is 49.6 Å². The van der Waals surface area contributed by atoms with E-state index in [9.17, 15) is 0 Å². The molecule has 2 aliphatic carbocycles. The summed E-state index contributed by atoms with van der Waals surface area (Å²) in [6.07, 6.45) is 7.62. The number of nitrogens with two attached hydrogens (primary N) is 1. The van der Waals surface area contributed by atoms with Crippen molar-refractivity contribution in [2.75, 3.05) is 0 Å². The van der Waals surface area contributed by atoms with E-state index < -0.39 is 0 Å². The van der Waals surface area contributed by atoms with Gasteiger partial charge in [-0.25, -0.2) is 4.99 Å². The van der Waals surface area contributed by atoms with Crippen molar-refractivity contribution in [2.45, 2.75) is 56.5 Å². The summed E-state index contributed by atoms with van der Waals surface area (Å²) < 4.78 is 0. The largest absolute Gasteiger partial charge is 0.370 e. The van der Waals surface area contributed by atoms with Crippen LogP contribution < -0.4 is 11.1 Å². The lowest BCUT2D eigenvalue weighted by molar-refractivity contribution is 0.412. The van der Waals surface area contributed by atoms with Gasteiger partial charge in [0.2, 0.25) is 0 Å². The molecule has 4 heteroatoms. The zero-order valence-corrected chi connectivity index (χ0v) is 14.1. The highest BCUT2D eigenvalue weighted by molar-refractivity contribution is 14.0. The van der Waals surface area contributed by atoms with Crippen LogP contribution in [0.2, 0.25) is 0 Å². The second kappa shape index (κ2) is 7.29. The van der Waals surface area contributed by atoms with E-state index in [1.807, 2.05) is 0 Å². The predicted octanol–water partition coefficient (Wildman–Crippen LogP) is 3.40. The maximum Gasteiger partial charge on any atom is 0.189 e. The zero-order valence-electron chi connectivity index (χ0n) is 11.8. The summed E-state index contributed by atoms with van der Waals surface area (Å²) in [6.45, 7) is 0. The van der Waals surface area contributed by atoms with Crippen molar-refractivity contribution in [2.24, 2.45) is 10.7 Å². The highest BCUT2D eigenvalue weighted by Gasteiger charge is 2.38. The van der Waals surface area contributed by atoms with E-state index in [-0.39, 0.29) is 24.0 Å². The third-order valence-electron chi connectivity index (χ3n) is 4.25. The SMILES string of the molecule is I.NC(=NC1CC1c1ccccc1)NC1CCCCC1. The van der Waals surface area contributed by atoms with Gasteiger partial charge in [-0.3, -0.25) is 0 Å². The van der Waals surface area contributed by atoms with Gasteiger partial charge >= 0.3 is 0 Å². The van der Waals surface area contributed by atoms with E-state index >= 15 is 0 Å². The monoisotopic (exact) mass is 385 g/mol. The van der Waals surface area contributed by atoms with Gasteiger partial charge in [-0.05, 0) is 24.8 Å². The van der Waals surface area contributed by atoms with Crippen molar-refractivity contribution in [1.82, 2.24) is 5.32 Å². The Morgan fingerprint density at radius 1 is 1.10 bits per heavy atom. The van der Waals surface area contributed by atoms with Gasteiger partial charge in [0, 0.05) is 12.0 Å². The Labute approximate surface area is 138 Å². The Morgan fingerprint density at radius 2 is 1.80 bits per heavy atom. The van der Waals surface area contributed by atoms with Gasteiger partial charge in [0.05, 0.1) is 6.04 Å². The summed E-state index contributed by atoms with van der Waals surface area (Å²) in [5.74, 6) is 1.23. The van der Waals surface area contributed by atoms with E-state index in [1.165, 1.54) is 37.7 Å². The van der Waals surface area contributed by atoms with E-state index in [0.29, 0.717) is 24.0 Å². The first-order valence-electron chi connectivity index (χ1n) is 7.47. The number of rotatable bonds is 3. The fourth-order valence-corrected chi connectivity index (χ4v) is 3.05. The Bertz CT molecular complexity index is 440. The average molecular weight is 385 g/mol. The summed E-state index contributed by atoms with van der Waals surface area (Å²) in [6, 6.07) is 11.6. The highest BCUT2D eigenvalue weighted by Crippen LogP contribution is 2.43. The molecule has 0 radical (unpaired) electrons. The smallest absolute Gasteiger partial charge is 0.189 e. The fraction of sp³-hybridized carbons (Fsp3) is 0.562. The molecule has 0 saturated heterocycles. The molecule has 0 bridgehead atoms. The lowest BCUT2D eigenvalue weighted by Gasteiger charge is -2.23. The Kier molecular flexibility index (Phi) is 5.69. The molecule has 110 valence electrons. The summed E-state index contributed by atoms with van der Waals surface area (Å²) >= 11 is 0. The van der Waals surface area contributed by atoms with Crippen LogP contribution in [0.5, 0.6) is 0 Å². The summed E-state index contributed by atoms with van der Waals surface area (Å²) in [5, 5.41) is 3.39. The van der Waals surface area contributed by atoms with Gasteiger partial charge in [0.15, 0.2) is 5.96 Å². The number of nitrogens with zero attached hydrogens (tertiary/aromatic N) is 1. The topological polar surface area (TPSA) is 50.4 Å². The third-order valence-corrected chi connectivity index (χ3v) is 4.25. The van der Waals surface area contributed by atoms with Crippen LogP contribution in [0.1, 0.15) is 50.0 Å². The van der Waals surface area contributed by atoms with Crippen molar-refractivity contribution in [1.29, 1.82) is 0 Å². The predicted molar refractivity (Wildman–Crippen MR) is 94.6 cm³/mol. The van der Waals surface area contributed by atoms with Crippen LogP contribution in [-0.4, -0.2) is 18.0 Å². The summed E-state index contributed by atoms with van der Waals surface area (Å²) in [4.78, 5) is 4.62. The molecular weight excluding hydrogens is 361 g/mol. The zero-order chi connectivity index (χ0) is 13.1. The Balaban J connectivity index is 0.00000147. The first-order valence-corrected chi connectivity index (χ1v) is 7.47. The maximum absolute atomic E-state index is 6.02. The molecule has 3 nitrogen and oxygen atoms in total. The molecule has 20 heavy (non-hydrogen) atoms. The van der Waals surface area contributed by atoms with Gasteiger partial charge in [0.1, 0.15) is 0 Å². The van der Waals surface area contributed by atoms with Crippen LogP contribution in [0.3, 0.4) is 0 Å². The summed E-state index contributed by atoms with van der Waals surface area (Å²) in [7, 11) is 0. The minimum absolute atomic E-state index is 0. The normalized spacial score (nSPS) is 26.7. The standard InChI is InChI=1S/C16H23N3.HI/c17-16(18-13-9-5-2-6-10-13)19-15-11-14(15)12-7-3-1-4-8-12;/h1,3-4,7-8,13-15H,2,5-6,9-11H2,(H3,17,18,19);1H. The second-order valence-corrected chi connectivity index (χ2v) is 5.81. The van der Waals surface area contributed by atoms with Crippen LogP contribution in [0.15, 0.2) is 35.3 Å². The number of nitrogens with one attached hydrogen (secondary N) is 1. The number of hydrogen-bond donors (Lipinski definition) is 2. The Morgan fingerprint density at radius 3 is 2.50 bits per heavy atom. The van der Waals surface area contributed by atoms with Gasteiger partial charge in [-0.2, -0.15) is 0 Å². The lowest BCUT2D eigenvalue weighted by Crippen LogP contribution is -2.41. The van der Waals surface area contributed by atoms with Crippen LogP contribution in [0, 0.1) is 0 Å². The molecule has 0 aromatic heterocycles. The molecule has 2 atom stereocenters. The third kappa shape index (κ3) is 4.11. The van der Waals surface area contributed by atoms with Crippen LogP contribution in [-0.2, 0) is 0 Å². The minimum Gasteiger partial charge on any atom is -0.370 e. The average Bonchev–Trinajstić information content (AvgIpc) is 3.20. The number of benzene rings is 1. The van der Waals surface area contributed by atoms with Crippen molar-refractivity contribution in [3.8, 4) is 0 Å². The van der Waals surface area contributed by atoms with Crippen LogP contribution >= 0.6 is 24.0 Å². The molecule has 2 fully saturated rings. The van der Waals surface area contributed by atoms with Crippen molar-refractivity contribution in [3.63, 3.8) is 0 Å². The molecule has 2 aliphatic rings. The number of halogens is 1. The van der Waals surface area contributed by atoms with E-state index in [4.69, 9.17) is 5.73 Å². The van der Waals surface area contributed by atoms with Gasteiger partial charge < -0.3 is 11.1 Å². The highest BCUT2D eigenvalue weighted by atomic mass is 127. The molecule has 0 heterocycles. The second-order valence-electron chi connectivity index (χ2n) is 5.81. The maximum atomic E-state index is 6.02. The van der Waals surface area contributed by atoms with E-state index in [1.54, 1.807) is 0 Å². The number of hydrogen-bond acceptors (Lipinski definition) is 1. The molecule has 0 aliphatic heterocycles. The molecule has 0 spiro atoms. The number of aliphatic imine (C=N–C) groups is 1. The van der Waals surface area contributed by atoms with Crippen molar-refractivity contribution in [3.05, 3.63) is 35.9 Å². The quantitative estimate of drug-likeness (QED) is 0.476. The van der Waals surface area contributed by atoms with Crippen LogP contribution in [0.4, 0.5) is 0 Å². The van der Waals surface area contributed by atoms with Crippen molar-refractivity contribution >= 4 is 29.9 Å². The molecule has 2 saturated carbocycles. The van der Waals surface area contributed by atoms with Gasteiger partial charge in [0.25, 0.3) is 0 Å². The first-order chi connectivity index (χ1) is 9.33. The fourth-order valence-electron chi connectivity index (χ4n) is 3.05. The van der Waals surface area contributed by atoms with E-state index in [0.717, 1.165) is 6.42 Å². The van der Waals surface area contributed by atoms with Gasteiger partial charge in [-0.15, -0.1) is 24.0 Å². The summed E-state index contributed by atoms with van der Waals surface area (Å²) in [5.41, 5.74) is 7.42. The first kappa shape index (κ1) is 15.6. The molecule has 3 rings (SSSR count).